The molecule has 3 nitrogen and oxygen atoms in total. The number of nitrogens with one attached hydrogen (secondary N) is 1. The van der Waals surface area contributed by atoms with Gasteiger partial charge in [0.15, 0.2) is 5.43 Å². The van der Waals surface area contributed by atoms with Crippen molar-refractivity contribution >= 4 is 37.2 Å². The Morgan fingerprint density at radius 1 is 1.11 bits per heavy atom. The van der Waals surface area contributed by atoms with Gasteiger partial charge in [-0.05, 0) is 68.9 Å². The largest absolute Gasteiger partial charge is 0.378 e. The molecule has 1 aliphatic rings. The third-order valence-electron chi connectivity index (χ3n) is 6.67. The Balaban J connectivity index is 1.83. The molecule has 0 amide bonds. The topological polar surface area (TPSA) is 29.1 Å². The van der Waals surface area contributed by atoms with Crippen molar-refractivity contribution in [2.24, 2.45) is 0 Å². The summed E-state index contributed by atoms with van der Waals surface area (Å²) in [6.07, 6.45) is 4.54. The molecule has 28 heavy (non-hydrogen) atoms. The van der Waals surface area contributed by atoms with Crippen LogP contribution in [0.15, 0.2) is 35.1 Å². The lowest BCUT2D eigenvalue weighted by atomic mass is 9.88. The Kier molecular flexibility index (Phi) is 5.44. The summed E-state index contributed by atoms with van der Waals surface area (Å²) in [5.41, 5.74) is 4.06. The molecule has 0 fully saturated rings. The van der Waals surface area contributed by atoms with Crippen molar-refractivity contribution < 1.29 is 4.48 Å². The predicted octanol–water partition coefficient (Wildman–Crippen LogP) is 5.19. The average Bonchev–Trinajstić information content (AvgIpc) is 2.73. The molecule has 0 aliphatic heterocycles. The highest BCUT2D eigenvalue weighted by Gasteiger charge is 2.21. The van der Waals surface area contributed by atoms with Gasteiger partial charge in [-0.15, -0.1) is 11.3 Å². The van der Waals surface area contributed by atoms with Crippen LogP contribution in [0.5, 0.6) is 0 Å². The molecule has 1 heterocycles. The van der Waals surface area contributed by atoms with Gasteiger partial charge >= 0.3 is 0 Å². The molecule has 1 aliphatic carbocycles. The van der Waals surface area contributed by atoms with Crippen LogP contribution < -0.4 is 10.7 Å². The minimum atomic E-state index is 0.217. The highest BCUT2D eigenvalue weighted by Crippen LogP contribution is 2.37. The molecule has 4 rings (SSSR count). The summed E-state index contributed by atoms with van der Waals surface area (Å²) in [6, 6.07) is 10.4. The second kappa shape index (κ2) is 7.84. The number of nitrogens with zero attached hydrogens (tertiary/aromatic N) is 1. The van der Waals surface area contributed by atoms with Crippen LogP contribution in [-0.2, 0) is 12.8 Å². The SMILES string of the molecule is CC[N+](C)(CC)CCNc1cc2c(c3c(=O)c4ccccc4sc13)CCCC2. The third kappa shape index (κ3) is 3.44. The second-order valence-electron chi connectivity index (χ2n) is 8.30. The van der Waals surface area contributed by atoms with Gasteiger partial charge in [0.2, 0.25) is 0 Å². The van der Waals surface area contributed by atoms with Crippen LogP contribution in [0, 0.1) is 0 Å². The number of hydrogen-bond donors (Lipinski definition) is 1. The van der Waals surface area contributed by atoms with Crippen LogP contribution in [-0.4, -0.2) is 37.7 Å². The van der Waals surface area contributed by atoms with E-state index in [1.165, 1.54) is 24.0 Å². The molecule has 0 atom stereocenters. The molecule has 0 unspecified atom stereocenters. The minimum Gasteiger partial charge on any atom is -0.378 e. The van der Waals surface area contributed by atoms with Crippen LogP contribution in [0.3, 0.4) is 0 Å². The summed E-state index contributed by atoms with van der Waals surface area (Å²) < 4.78 is 3.29. The van der Waals surface area contributed by atoms with Crippen LogP contribution in [0.25, 0.3) is 20.2 Å². The first kappa shape index (κ1) is 19.4. The van der Waals surface area contributed by atoms with E-state index in [0.29, 0.717) is 0 Å². The number of quaternary nitrogens is 1. The summed E-state index contributed by atoms with van der Waals surface area (Å²) >= 11 is 1.77. The van der Waals surface area contributed by atoms with E-state index in [1.54, 1.807) is 11.3 Å². The Bertz CT molecular complexity index is 1070. The first-order chi connectivity index (χ1) is 13.6. The van der Waals surface area contributed by atoms with Crippen molar-refractivity contribution in [3.8, 4) is 0 Å². The van der Waals surface area contributed by atoms with Gasteiger partial charge in [-0.25, -0.2) is 0 Å². The number of aryl methyl sites for hydroxylation is 2. The Morgan fingerprint density at radius 2 is 1.86 bits per heavy atom. The highest BCUT2D eigenvalue weighted by molar-refractivity contribution is 7.25. The van der Waals surface area contributed by atoms with Gasteiger partial charge in [0.1, 0.15) is 0 Å². The van der Waals surface area contributed by atoms with E-state index in [4.69, 9.17) is 0 Å². The van der Waals surface area contributed by atoms with Gasteiger partial charge in [-0.3, -0.25) is 4.79 Å². The predicted molar refractivity (Wildman–Crippen MR) is 123 cm³/mol. The maximum Gasteiger partial charge on any atom is 0.196 e. The van der Waals surface area contributed by atoms with Crippen molar-refractivity contribution in [1.29, 1.82) is 0 Å². The van der Waals surface area contributed by atoms with Crippen molar-refractivity contribution in [2.45, 2.75) is 39.5 Å². The molecule has 4 heteroatoms. The molecule has 0 bridgehead atoms. The molecule has 0 saturated heterocycles. The van der Waals surface area contributed by atoms with E-state index in [2.05, 4.69) is 38.3 Å². The molecule has 1 aromatic heterocycles. The summed E-state index contributed by atoms with van der Waals surface area (Å²) in [4.78, 5) is 13.4. The maximum atomic E-state index is 13.4. The number of fused-ring (bicyclic) bond motifs is 4. The number of benzene rings is 2. The molecule has 3 aromatic rings. The standard InChI is InChI=1S/C24H31N2OS/c1-4-26(3,5-2)15-14-25-20-16-17-10-6-7-11-18(17)22-23(27)19-12-8-9-13-21(19)28-24(20)22/h8-9,12-13,16,25H,4-7,10-11,14-15H2,1-3H3/q+1. The number of hydrogen-bond acceptors (Lipinski definition) is 3. The van der Waals surface area contributed by atoms with Gasteiger partial charge < -0.3 is 9.80 Å². The molecule has 0 spiro atoms. The summed E-state index contributed by atoms with van der Waals surface area (Å²) in [6.45, 7) is 8.82. The van der Waals surface area contributed by atoms with E-state index < -0.39 is 0 Å². The Hall–Kier alpha value is -1.91. The van der Waals surface area contributed by atoms with Gasteiger partial charge in [-0.2, -0.15) is 0 Å². The summed E-state index contributed by atoms with van der Waals surface area (Å²) in [5.74, 6) is 0. The quantitative estimate of drug-likeness (QED) is 0.459. The fourth-order valence-electron chi connectivity index (χ4n) is 4.35. The smallest absolute Gasteiger partial charge is 0.196 e. The zero-order chi connectivity index (χ0) is 19.7. The van der Waals surface area contributed by atoms with E-state index in [1.807, 2.05) is 18.2 Å². The van der Waals surface area contributed by atoms with E-state index in [9.17, 15) is 4.79 Å². The normalized spacial score (nSPS) is 14.4. The fraction of sp³-hybridized carbons (Fsp3) is 0.458. The Labute approximate surface area is 171 Å². The number of rotatable bonds is 6. The lowest BCUT2D eigenvalue weighted by Crippen LogP contribution is -2.46. The van der Waals surface area contributed by atoms with Crippen LogP contribution in [0.1, 0.15) is 37.8 Å². The number of likely N-dealkylation sites (N-methyl/N-ethyl adjacent to an activating group) is 1. The molecule has 0 saturated carbocycles. The highest BCUT2D eigenvalue weighted by atomic mass is 32.1. The molecular formula is C24H31N2OS+. The van der Waals surface area contributed by atoms with Gasteiger partial charge in [-0.1, -0.05) is 12.1 Å². The lowest BCUT2D eigenvalue weighted by Gasteiger charge is -2.32. The van der Waals surface area contributed by atoms with Crippen molar-refractivity contribution in [2.75, 3.05) is 38.5 Å². The monoisotopic (exact) mass is 395 g/mol. The average molecular weight is 396 g/mol. The van der Waals surface area contributed by atoms with Gasteiger partial charge in [0.05, 0.1) is 43.6 Å². The maximum absolute atomic E-state index is 13.4. The molecule has 1 N–H and O–H groups in total. The number of anilines is 1. The van der Waals surface area contributed by atoms with Crippen LogP contribution in [0.2, 0.25) is 0 Å². The van der Waals surface area contributed by atoms with Crippen LogP contribution >= 0.6 is 11.3 Å². The van der Waals surface area contributed by atoms with Crippen molar-refractivity contribution in [3.05, 3.63) is 51.7 Å². The summed E-state index contributed by atoms with van der Waals surface area (Å²) in [7, 11) is 2.32. The van der Waals surface area contributed by atoms with Gasteiger partial charge in [0.25, 0.3) is 0 Å². The van der Waals surface area contributed by atoms with Crippen molar-refractivity contribution in [1.82, 2.24) is 0 Å². The molecule has 148 valence electrons. The third-order valence-corrected chi connectivity index (χ3v) is 7.87. The second-order valence-corrected chi connectivity index (χ2v) is 9.35. The van der Waals surface area contributed by atoms with Gasteiger partial charge in [0, 0.05) is 15.5 Å². The van der Waals surface area contributed by atoms with E-state index in [-0.39, 0.29) is 5.43 Å². The molecule has 0 radical (unpaired) electrons. The lowest BCUT2D eigenvalue weighted by molar-refractivity contribution is -0.904. The first-order valence-electron chi connectivity index (χ1n) is 10.6. The Morgan fingerprint density at radius 3 is 2.64 bits per heavy atom. The first-order valence-corrected chi connectivity index (χ1v) is 11.5. The fourth-order valence-corrected chi connectivity index (χ4v) is 5.55. The van der Waals surface area contributed by atoms with Crippen LogP contribution in [0.4, 0.5) is 5.69 Å². The minimum absolute atomic E-state index is 0.217. The summed E-state index contributed by atoms with van der Waals surface area (Å²) in [5, 5.41) is 5.56. The van der Waals surface area contributed by atoms with E-state index in [0.717, 1.165) is 69.4 Å². The van der Waals surface area contributed by atoms with Crippen molar-refractivity contribution in [3.63, 3.8) is 0 Å². The zero-order valence-corrected chi connectivity index (χ0v) is 18.1. The molecular weight excluding hydrogens is 364 g/mol. The molecule has 2 aromatic carbocycles. The zero-order valence-electron chi connectivity index (χ0n) is 17.3. The van der Waals surface area contributed by atoms with E-state index >= 15 is 0 Å².